The highest BCUT2D eigenvalue weighted by Crippen LogP contribution is 2.39. The molecule has 4 nitrogen and oxygen atoms in total. The number of aromatic nitrogens is 2. The van der Waals surface area contributed by atoms with Crippen molar-refractivity contribution in [2.75, 3.05) is 13.6 Å². The first-order chi connectivity index (χ1) is 12.0. The van der Waals surface area contributed by atoms with Gasteiger partial charge in [-0.2, -0.15) is 0 Å². The Kier molecular flexibility index (Phi) is 5.49. The molecule has 136 valence electrons. The van der Waals surface area contributed by atoms with Gasteiger partial charge in [-0.3, -0.25) is 4.57 Å². The van der Waals surface area contributed by atoms with Gasteiger partial charge in [0.25, 0.3) is 0 Å². The van der Waals surface area contributed by atoms with Gasteiger partial charge in [0.05, 0.1) is 5.69 Å². The Hall–Kier alpha value is -1.72. The second-order valence-corrected chi connectivity index (χ2v) is 7.24. The first-order valence-electron chi connectivity index (χ1n) is 8.06. The molecular formula is C19H18Cl3N3O. The zero-order valence-electron chi connectivity index (χ0n) is 14.1. The molecule has 0 unspecified atom stereocenters. The van der Waals surface area contributed by atoms with E-state index < -0.39 is 0 Å². The van der Waals surface area contributed by atoms with Gasteiger partial charge in [0.2, 0.25) is 0 Å². The second kappa shape index (κ2) is 7.49. The third-order valence-corrected chi connectivity index (χ3v) is 5.27. The summed E-state index contributed by atoms with van der Waals surface area (Å²) in [7, 11) is 2.08. The molecule has 1 atom stereocenters. The number of benzene rings is 2. The summed E-state index contributed by atoms with van der Waals surface area (Å²) in [5.41, 5.74) is 4.03. The molecule has 0 bridgehead atoms. The predicted octanol–water partition coefficient (Wildman–Crippen LogP) is 4.47. The summed E-state index contributed by atoms with van der Waals surface area (Å²) in [6.07, 6.45) is 3.40. The number of imidazole rings is 1. The molecule has 7 heteroatoms. The van der Waals surface area contributed by atoms with E-state index in [1.54, 1.807) is 23.0 Å². The number of H-pyrrole nitrogens is 1. The van der Waals surface area contributed by atoms with Gasteiger partial charge in [-0.25, -0.2) is 4.79 Å². The maximum absolute atomic E-state index is 12.1. The Labute approximate surface area is 167 Å². The zero-order valence-corrected chi connectivity index (χ0v) is 16.4. The molecule has 4 rings (SSSR count). The molecule has 1 aliphatic heterocycles. The van der Waals surface area contributed by atoms with Gasteiger partial charge in [-0.15, -0.1) is 12.4 Å². The number of para-hydroxylation sites is 1. The van der Waals surface area contributed by atoms with E-state index in [0.717, 1.165) is 35.5 Å². The van der Waals surface area contributed by atoms with E-state index in [1.165, 1.54) is 0 Å². The summed E-state index contributed by atoms with van der Waals surface area (Å²) >= 11 is 12.7. The normalized spacial score (nSPS) is 16.8. The van der Waals surface area contributed by atoms with Crippen molar-refractivity contribution in [2.45, 2.75) is 12.5 Å². The average Bonchev–Trinajstić information content (AvgIpc) is 3.01. The van der Waals surface area contributed by atoms with E-state index in [9.17, 15) is 4.79 Å². The van der Waals surface area contributed by atoms with Crippen LogP contribution in [0.5, 0.6) is 0 Å². The van der Waals surface area contributed by atoms with Crippen molar-refractivity contribution in [3.8, 4) is 5.69 Å². The number of nitrogens with zero attached hydrogens (tertiary/aromatic N) is 2. The lowest BCUT2D eigenvalue weighted by Crippen LogP contribution is -2.32. The monoisotopic (exact) mass is 409 g/mol. The van der Waals surface area contributed by atoms with E-state index in [-0.39, 0.29) is 24.0 Å². The van der Waals surface area contributed by atoms with Gasteiger partial charge in [0.1, 0.15) is 0 Å². The summed E-state index contributed by atoms with van der Waals surface area (Å²) in [5, 5.41) is 1.32. The Morgan fingerprint density at radius 2 is 1.92 bits per heavy atom. The van der Waals surface area contributed by atoms with E-state index in [1.807, 2.05) is 24.3 Å². The summed E-state index contributed by atoms with van der Waals surface area (Å²) in [5.74, 6) is 0.0861. The minimum atomic E-state index is -0.152. The number of aromatic amines is 1. The van der Waals surface area contributed by atoms with Crippen molar-refractivity contribution in [1.29, 1.82) is 0 Å². The number of hydrogen-bond donors (Lipinski definition) is 1. The number of fused-ring (bicyclic) bond motifs is 1. The third kappa shape index (κ3) is 3.30. The molecule has 0 saturated heterocycles. The molecule has 26 heavy (non-hydrogen) atoms. The highest BCUT2D eigenvalue weighted by molar-refractivity contribution is 6.35. The smallest absolute Gasteiger partial charge is 0.312 e. The number of hydrogen-bond acceptors (Lipinski definition) is 2. The van der Waals surface area contributed by atoms with E-state index in [0.29, 0.717) is 10.0 Å². The topological polar surface area (TPSA) is 41.0 Å². The van der Waals surface area contributed by atoms with Gasteiger partial charge in [0, 0.05) is 41.4 Å². The van der Waals surface area contributed by atoms with Crippen molar-refractivity contribution < 1.29 is 0 Å². The van der Waals surface area contributed by atoms with Crippen LogP contribution >= 0.6 is 35.6 Å². The Balaban J connectivity index is 0.00000196. The van der Waals surface area contributed by atoms with Crippen LogP contribution in [0.15, 0.2) is 53.6 Å². The summed E-state index contributed by atoms with van der Waals surface area (Å²) < 4.78 is 1.63. The van der Waals surface area contributed by atoms with Crippen molar-refractivity contribution in [1.82, 2.24) is 14.5 Å². The molecule has 1 aliphatic rings. The predicted molar refractivity (Wildman–Crippen MR) is 108 cm³/mol. The van der Waals surface area contributed by atoms with Crippen LogP contribution in [0.1, 0.15) is 22.6 Å². The molecule has 0 amide bonds. The third-order valence-electron chi connectivity index (χ3n) is 4.71. The summed E-state index contributed by atoms with van der Waals surface area (Å²) in [4.78, 5) is 17.1. The van der Waals surface area contributed by atoms with E-state index in [4.69, 9.17) is 23.2 Å². The molecule has 0 fully saturated rings. The van der Waals surface area contributed by atoms with Gasteiger partial charge < -0.3 is 9.88 Å². The van der Waals surface area contributed by atoms with Crippen molar-refractivity contribution in [2.24, 2.45) is 0 Å². The molecule has 0 aliphatic carbocycles. The van der Waals surface area contributed by atoms with E-state index in [2.05, 4.69) is 23.0 Å². The molecular weight excluding hydrogens is 393 g/mol. The maximum atomic E-state index is 12.1. The van der Waals surface area contributed by atoms with Crippen molar-refractivity contribution >= 4 is 35.6 Å². The molecule has 0 radical (unpaired) electrons. The van der Waals surface area contributed by atoms with Crippen molar-refractivity contribution in [3.63, 3.8) is 0 Å². The molecule has 1 N–H and O–H groups in total. The van der Waals surface area contributed by atoms with Gasteiger partial charge in [-0.05, 0) is 41.9 Å². The number of likely N-dealkylation sites (N-methyl/N-ethyl adjacent to an activating group) is 1. The van der Waals surface area contributed by atoms with Crippen LogP contribution in [0.25, 0.3) is 5.69 Å². The van der Waals surface area contributed by atoms with Crippen LogP contribution in [0.3, 0.4) is 0 Å². The van der Waals surface area contributed by atoms with Gasteiger partial charge >= 0.3 is 5.69 Å². The standard InChI is InChI=1S/C19H17Cl2N3O.ClH/c1-23-10-15(14-8-12(20)9-17(21)16(14)11-23)13-4-2-3-5-18(13)24-7-6-22-19(24)25;/h2-9,15H,10-11H2,1H3,(H,22,25);1H/t15-;/m0./s1. The van der Waals surface area contributed by atoms with Crippen molar-refractivity contribution in [3.05, 3.63) is 86.0 Å². The number of nitrogens with one attached hydrogen (secondary N) is 1. The number of halogens is 3. The van der Waals surface area contributed by atoms with Crippen LogP contribution < -0.4 is 5.69 Å². The lowest BCUT2D eigenvalue weighted by Gasteiger charge is -2.34. The van der Waals surface area contributed by atoms with E-state index >= 15 is 0 Å². The fourth-order valence-corrected chi connectivity index (χ4v) is 4.19. The lowest BCUT2D eigenvalue weighted by molar-refractivity contribution is 0.295. The van der Waals surface area contributed by atoms with Crippen LogP contribution in [-0.4, -0.2) is 28.0 Å². The summed E-state index contributed by atoms with van der Waals surface area (Å²) in [6, 6.07) is 11.8. The molecule has 2 heterocycles. The summed E-state index contributed by atoms with van der Waals surface area (Å²) in [6.45, 7) is 1.62. The highest BCUT2D eigenvalue weighted by Gasteiger charge is 2.29. The average molecular weight is 411 g/mol. The molecule has 1 aromatic heterocycles. The van der Waals surface area contributed by atoms with Crippen LogP contribution in [0.2, 0.25) is 10.0 Å². The van der Waals surface area contributed by atoms with Crippen LogP contribution in [0, 0.1) is 0 Å². The lowest BCUT2D eigenvalue weighted by atomic mass is 9.84. The minimum Gasteiger partial charge on any atom is -0.312 e. The fraction of sp³-hybridized carbons (Fsp3) is 0.211. The quantitative estimate of drug-likeness (QED) is 0.677. The molecule has 3 aromatic rings. The van der Waals surface area contributed by atoms with Crippen LogP contribution in [0.4, 0.5) is 0 Å². The Bertz CT molecular complexity index is 996. The van der Waals surface area contributed by atoms with Gasteiger partial charge in [-0.1, -0.05) is 41.4 Å². The SMILES string of the molecule is CN1Cc2c(Cl)cc(Cl)cc2[C@H](c2ccccc2-n2cc[nH]c2=O)C1.Cl. The first kappa shape index (κ1) is 19.1. The highest BCUT2D eigenvalue weighted by atomic mass is 35.5. The molecule has 2 aromatic carbocycles. The van der Waals surface area contributed by atoms with Gasteiger partial charge in [0.15, 0.2) is 0 Å². The van der Waals surface area contributed by atoms with Crippen LogP contribution in [-0.2, 0) is 6.54 Å². The fourth-order valence-electron chi connectivity index (χ4n) is 3.62. The number of rotatable bonds is 2. The minimum absolute atomic E-state index is 0. The molecule has 0 saturated carbocycles. The maximum Gasteiger partial charge on any atom is 0.330 e. The zero-order chi connectivity index (χ0) is 17.6. The second-order valence-electron chi connectivity index (χ2n) is 6.40. The Morgan fingerprint density at radius 3 is 2.65 bits per heavy atom. The Morgan fingerprint density at radius 1 is 1.15 bits per heavy atom. The largest absolute Gasteiger partial charge is 0.330 e. The first-order valence-corrected chi connectivity index (χ1v) is 8.82. The molecule has 0 spiro atoms.